The highest BCUT2D eigenvalue weighted by Crippen LogP contribution is 2.04. The lowest BCUT2D eigenvalue weighted by molar-refractivity contribution is -0.137. The number of amides is 3. The molecule has 1 aliphatic heterocycles. The number of carbonyl (C=O) groups excluding carboxylic acids is 3. The van der Waals surface area contributed by atoms with E-state index >= 15 is 0 Å². The van der Waals surface area contributed by atoms with Gasteiger partial charge in [0.25, 0.3) is 11.8 Å². The minimum absolute atomic E-state index is 0.127. The van der Waals surface area contributed by atoms with Gasteiger partial charge in [0.2, 0.25) is 5.91 Å². The van der Waals surface area contributed by atoms with Crippen molar-refractivity contribution in [3.05, 3.63) is 12.2 Å². The highest BCUT2D eigenvalue weighted by Gasteiger charge is 2.23. The van der Waals surface area contributed by atoms with Crippen molar-refractivity contribution in [2.24, 2.45) is 11.7 Å². The molecule has 0 unspecified atom stereocenters. The van der Waals surface area contributed by atoms with Crippen molar-refractivity contribution < 1.29 is 19.5 Å². The van der Waals surface area contributed by atoms with Crippen LogP contribution >= 0.6 is 0 Å². The molecule has 0 fully saturated rings. The van der Waals surface area contributed by atoms with Crippen LogP contribution in [0.25, 0.3) is 0 Å². The summed E-state index contributed by atoms with van der Waals surface area (Å²) in [6.45, 7) is 8.92. The Morgan fingerprint density at radius 2 is 1.83 bits per heavy atom. The second kappa shape index (κ2) is 10.9. The predicted molar refractivity (Wildman–Crippen MR) is 92.9 cm³/mol. The average Bonchev–Trinajstić information content (AvgIpc) is 2.75. The Labute approximate surface area is 144 Å². The maximum Gasteiger partial charge on any atom is 0.253 e. The molecule has 0 aromatic rings. The van der Waals surface area contributed by atoms with Crippen molar-refractivity contribution in [3.63, 3.8) is 0 Å². The number of nitrogens with two attached hydrogens (primary N) is 1. The molecule has 0 radical (unpaired) electrons. The van der Waals surface area contributed by atoms with Crippen LogP contribution in [0.3, 0.4) is 0 Å². The molecule has 4 N–H and O–H groups in total. The zero-order valence-corrected chi connectivity index (χ0v) is 15.2. The van der Waals surface area contributed by atoms with Crippen molar-refractivity contribution in [2.75, 3.05) is 19.7 Å². The largest absolute Gasteiger partial charge is 0.396 e. The molecule has 3 amide bonds. The molecule has 1 heterocycles. The maximum absolute atomic E-state index is 11.4. The lowest BCUT2D eigenvalue weighted by atomic mass is 10.0. The van der Waals surface area contributed by atoms with Gasteiger partial charge in [0.1, 0.15) is 0 Å². The summed E-state index contributed by atoms with van der Waals surface area (Å²) in [5.74, 6) is -0.269. The number of nitrogens with one attached hydrogen (secondary N) is 1. The molecular formula is C17H31N3O4. The first-order chi connectivity index (χ1) is 11.1. The van der Waals surface area contributed by atoms with E-state index < -0.39 is 0 Å². The Balaban J connectivity index is 0.000000640. The lowest BCUT2D eigenvalue weighted by Gasteiger charge is -2.15. The molecule has 7 nitrogen and oxygen atoms in total. The third-order valence-corrected chi connectivity index (χ3v) is 3.26. The van der Waals surface area contributed by atoms with Gasteiger partial charge in [0.15, 0.2) is 0 Å². The SMILES string of the molecule is CC(C)(N)CCO.CC(C)CCNC(=O)CCN1C(=O)C=CC1=O. The highest BCUT2D eigenvalue weighted by molar-refractivity contribution is 6.13. The van der Waals surface area contributed by atoms with Gasteiger partial charge in [-0.15, -0.1) is 0 Å². The molecule has 24 heavy (non-hydrogen) atoms. The molecule has 0 spiro atoms. The van der Waals surface area contributed by atoms with Crippen LogP contribution < -0.4 is 11.1 Å². The van der Waals surface area contributed by atoms with Crippen LogP contribution in [0.2, 0.25) is 0 Å². The summed E-state index contributed by atoms with van der Waals surface area (Å²) >= 11 is 0. The van der Waals surface area contributed by atoms with Gasteiger partial charge in [-0.1, -0.05) is 13.8 Å². The monoisotopic (exact) mass is 341 g/mol. The number of rotatable bonds is 8. The number of imide groups is 1. The summed E-state index contributed by atoms with van der Waals surface area (Å²) in [4.78, 5) is 34.9. The van der Waals surface area contributed by atoms with Crippen LogP contribution in [0.4, 0.5) is 0 Å². The Morgan fingerprint density at radius 3 is 2.21 bits per heavy atom. The van der Waals surface area contributed by atoms with Gasteiger partial charge >= 0.3 is 0 Å². The molecule has 1 aliphatic rings. The second-order valence-electron chi connectivity index (χ2n) is 6.91. The second-order valence-corrected chi connectivity index (χ2v) is 6.91. The topological polar surface area (TPSA) is 113 Å². The van der Waals surface area contributed by atoms with Crippen LogP contribution in [0.15, 0.2) is 12.2 Å². The van der Waals surface area contributed by atoms with E-state index in [2.05, 4.69) is 19.2 Å². The van der Waals surface area contributed by atoms with Crippen molar-refractivity contribution in [2.45, 2.75) is 52.5 Å². The molecule has 138 valence electrons. The fraction of sp³-hybridized carbons (Fsp3) is 0.706. The number of carbonyl (C=O) groups is 3. The summed E-state index contributed by atoms with van der Waals surface area (Å²) < 4.78 is 0. The average molecular weight is 341 g/mol. The van der Waals surface area contributed by atoms with Crippen LogP contribution in [0, 0.1) is 5.92 Å². The number of aliphatic hydroxyl groups is 1. The van der Waals surface area contributed by atoms with Gasteiger partial charge in [0, 0.05) is 43.8 Å². The first kappa shape index (κ1) is 22.3. The minimum atomic E-state index is -0.343. The van der Waals surface area contributed by atoms with E-state index in [0.29, 0.717) is 18.9 Å². The number of hydrogen-bond acceptors (Lipinski definition) is 5. The molecule has 0 aliphatic carbocycles. The highest BCUT2D eigenvalue weighted by atomic mass is 16.3. The Bertz CT molecular complexity index is 435. The predicted octanol–water partition coefficient (Wildman–Crippen LogP) is 0.570. The quantitative estimate of drug-likeness (QED) is 0.559. The standard InChI is InChI=1S/C12H18N2O3.C5H13NO/c1-9(2)5-7-13-10(15)6-8-14-11(16)3-4-12(14)17;1-5(2,6)3-4-7/h3-4,9H,5-8H2,1-2H3,(H,13,15);7H,3-4,6H2,1-2H3. The van der Waals surface area contributed by atoms with E-state index in [1.807, 2.05) is 13.8 Å². The minimum Gasteiger partial charge on any atom is -0.396 e. The molecule has 1 rings (SSSR count). The summed E-state index contributed by atoms with van der Waals surface area (Å²) in [6, 6.07) is 0. The molecule has 0 saturated carbocycles. The van der Waals surface area contributed by atoms with Gasteiger partial charge in [0.05, 0.1) is 0 Å². The molecule has 0 saturated heterocycles. The first-order valence-corrected chi connectivity index (χ1v) is 8.27. The normalized spacial score (nSPS) is 14.0. The zero-order valence-electron chi connectivity index (χ0n) is 15.2. The van der Waals surface area contributed by atoms with Crippen LogP contribution in [0.1, 0.15) is 47.0 Å². The Morgan fingerprint density at radius 1 is 1.29 bits per heavy atom. The smallest absolute Gasteiger partial charge is 0.253 e. The maximum atomic E-state index is 11.4. The van der Waals surface area contributed by atoms with E-state index in [4.69, 9.17) is 10.8 Å². The molecular weight excluding hydrogens is 310 g/mol. The summed E-state index contributed by atoms with van der Waals surface area (Å²) in [5, 5.41) is 11.1. The van der Waals surface area contributed by atoms with Crippen molar-refractivity contribution in [3.8, 4) is 0 Å². The van der Waals surface area contributed by atoms with Gasteiger partial charge in [-0.05, 0) is 32.6 Å². The van der Waals surface area contributed by atoms with Gasteiger partial charge < -0.3 is 16.2 Å². The molecule has 0 aromatic heterocycles. The summed E-state index contributed by atoms with van der Waals surface area (Å²) in [5.41, 5.74) is 5.29. The third kappa shape index (κ3) is 10.9. The molecule has 0 atom stereocenters. The van der Waals surface area contributed by atoms with Crippen LogP contribution in [0.5, 0.6) is 0 Å². The molecule has 0 bridgehead atoms. The third-order valence-electron chi connectivity index (χ3n) is 3.26. The number of hydrogen-bond donors (Lipinski definition) is 3. The fourth-order valence-electron chi connectivity index (χ4n) is 1.74. The summed E-state index contributed by atoms with van der Waals surface area (Å²) in [7, 11) is 0. The van der Waals surface area contributed by atoms with E-state index in [1.54, 1.807) is 0 Å². The van der Waals surface area contributed by atoms with Crippen LogP contribution in [-0.2, 0) is 14.4 Å². The summed E-state index contributed by atoms with van der Waals surface area (Å²) in [6.07, 6.45) is 4.21. The lowest BCUT2D eigenvalue weighted by Crippen LogP contribution is -2.35. The van der Waals surface area contributed by atoms with Crippen LogP contribution in [-0.4, -0.2) is 53.0 Å². The Kier molecular flexibility index (Phi) is 10.1. The van der Waals surface area contributed by atoms with Gasteiger partial charge in [-0.2, -0.15) is 0 Å². The van der Waals surface area contributed by atoms with E-state index in [-0.39, 0.29) is 42.8 Å². The molecule has 0 aromatic carbocycles. The van der Waals surface area contributed by atoms with Gasteiger partial charge in [-0.3, -0.25) is 19.3 Å². The fourth-order valence-corrected chi connectivity index (χ4v) is 1.74. The van der Waals surface area contributed by atoms with E-state index in [1.165, 1.54) is 12.2 Å². The molecule has 7 heteroatoms. The number of aliphatic hydroxyl groups excluding tert-OH is 1. The van der Waals surface area contributed by atoms with Gasteiger partial charge in [-0.25, -0.2) is 0 Å². The van der Waals surface area contributed by atoms with E-state index in [0.717, 1.165) is 11.3 Å². The van der Waals surface area contributed by atoms with E-state index in [9.17, 15) is 14.4 Å². The zero-order chi connectivity index (χ0) is 18.8. The van der Waals surface area contributed by atoms with Crippen molar-refractivity contribution in [1.82, 2.24) is 10.2 Å². The first-order valence-electron chi connectivity index (χ1n) is 8.27. The Hall–Kier alpha value is -1.73. The van der Waals surface area contributed by atoms with Crippen molar-refractivity contribution in [1.29, 1.82) is 0 Å². The van der Waals surface area contributed by atoms with Crippen molar-refractivity contribution >= 4 is 17.7 Å². The number of nitrogens with zero attached hydrogens (tertiary/aromatic N) is 1.